The molecule has 9 heteroatoms. The lowest BCUT2D eigenvalue weighted by Gasteiger charge is -2.25. The molecule has 3 aromatic carbocycles. The number of amides is 1. The van der Waals surface area contributed by atoms with Gasteiger partial charge in [0.2, 0.25) is 5.95 Å². The minimum atomic E-state index is -0.258. The van der Waals surface area contributed by atoms with E-state index in [1.807, 2.05) is 64.1 Å². The molecule has 5 aromatic rings. The van der Waals surface area contributed by atoms with E-state index in [1.165, 1.54) is 5.56 Å². The first-order valence-electron chi connectivity index (χ1n) is 14.4. The van der Waals surface area contributed by atoms with Gasteiger partial charge in [0, 0.05) is 25.0 Å². The van der Waals surface area contributed by atoms with Crippen molar-refractivity contribution in [3.63, 3.8) is 0 Å². The fraction of sp³-hybridized carbons (Fsp3) is 0.273. The second-order valence-electron chi connectivity index (χ2n) is 10.7. The standard InChI is InChI=1S/C33H35N7O2/c1-23-18-30-29(36-22-40(30)31-15-16-34-32(38-31)37-24(2)26-12-7-4-8-13-26)19-28(23)35-20-27-14-9-17-39(27)33(41)42-21-25-10-5-3-6-11-25/h3-8,10-13,15-16,18-19,22,24,27,35H,9,14,17,20-21H2,1-2H3,(H,34,37,38). The van der Waals surface area contributed by atoms with Crippen LogP contribution in [0.25, 0.3) is 16.9 Å². The maximum Gasteiger partial charge on any atom is 0.410 e. The molecule has 2 N–H and O–H groups in total. The topological polar surface area (TPSA) is 97.2 Å². The SMILES string of the molecule is Cc1cc2c(cc1NCC1CCCN1C(=O)OCc1ccccc1)ncn2-c1ccnc(NC(C)c2ccccc2)n1. The predicted octanol–water partition coefficient (Wildman–Crippen LogP) is 6.51. The Hall–Kier alpha value is -4.92. The van der Waals surface area contributed by atoms with Crippen LogP contribution in [0, 0.1) is 6.92 Å². The molecular weight excluding hydrogens is 526 g/mol. The van der Waals surface area contributed by atoms with E-state index in [9.17, 15) is 4.79 Å². The number of imidazole rings is 1. The lowest BCUT2D eigenvalue weighted by atomic mass is 10.1. The smallest absolute Gasteiger partial charge is 0.410 e. The van der Waals surface area contributed by atoms with Crippen molar-refractivity contribution in [2.75, 3.05) is 23.7 Å². The van der Waals surface area contributed by atoms with Crippen LogP contribution < -0.4 is 10.6 Å². The Morgan fingerprint density at radius 2 is 1.83 bits per heavy atom. The number of carbonyl (C=O) groups is 1. The van der Waals surface area contributed by atoms with Crippen LogP contribution in [0.2, 0.25) is 0 Å². The number of nitrogens with one attached hydrogen (secondary N) is 2. The summed E-state index contributed by atoms with van der Waals surface area (Å²) in [6.07, 6.45) is 5.20. The third-order valence-electron chi connectivity index (χ3n) is 7.77. The zero-order chi connectivity index (χ0) is 28.9. The third-order valence-corrected chi connectivity index (χ3v) is 7.77. The summed E-state index contributed by atoms with van der Waals surface area (Å²) in [6.45, 7) is 5.81. The van der Waals surface area contributed by atoms with Crippen molar-refractivity contribution in [1.29, 1.82) is 0 Å². The minimum Gasteiger partial charge on any atom is -0.445 e. The van der Waals surface area contributed by atoms with Gasteiger partial charge in [0.1, 0.15) is 18.8 Å². The number of hydrogen-bond acceptors (Lipinski definition) is 7. The lowest BCUT2D eigenvalue weighted by Crippen LogP contribution is -2.39. The van der Waals surface area contributed by atoms with Gasteiger partial charge >= 0.3 is 6.09 Å². The number of rotatable bonds is 9. The van der Waals surface area contributed by atoms with Gasteiger partial charge in [-0.15, -0.1) is 0 Å². The number of fused-ring (bicyclic) bond motifs is 1. The molecule has 2 unspecified atom stereocenters. The average Bonchev–Trinajstić information content (AvgIpc) is 3.67. The molecule has 2 aromatic heterocycles. The number of aryl methyl sites for hydroxylation is 1. The number of nitrogens with zero attached hydrogens (tertiary/aromatic N) is 5. The van der Waals surface area contributed by atoms with Crippen LogP contribution >= 0.6 is 0 Å². The molecule has 2 atom stereocenters. The molecule has 3 heterocycles. The van der Waals surface area contributed by atoms with Crippen LogP contribution in [0.4, 0.5) is 16.4 Å². The molecule has 1 aliphatic heterocycles. The number of carbonyl (C=O) groups excluding carboxylic acids is 1. The monoisotopic (exact) mass is 561 g/mol. The number of hydrogen-bond donors (Lipinski definition) is 2. The first-order chi connectivity index (χ1) is 20.5. The molecule has 1 aliphatic rings. The van der Waals surface area contributed by atoms with Crippen LogP contribution in [0.3, 0.4) is 0 Å². The van der Waals surface area contributed by atoms with Gasteiger partial charge < -0.3 is 20.3 Å². The normalized spacial score (nSPS) is 15.5. The summed E-state index contributed by atoms with van der Waals surface area (Å²) in [6, 6.07) is 26.2. The molecule has 0 aliphatic carbocycles. The van der Waals surface area contributed by atoms with Crippen LogP contribution in [0.5, 0.6) is 0 Å². The summed E-state index contributed by atoms with van der Waals surface area (Å²) >= 11 is 0. The average molecular weight is 562 g/mol. The molecular formula is C33H35N7O2. The highest BCUT2D eigenvalue weighted by atomic mass is 16.6. The summed E-state index contributed by atoms with van der Waals surface area (Å²) in [7, 11) is 0. The highest BCUT2D eigenvalue weighted by Gasteiger charge is 2.30. The van der Waals surface area contributed by atoms with Crippen molar-refractivity contribution in [3.8, 4) is 5.82 Å². The number of likely N-dealkylation sites (tertiary alicyclic amines) is 1. The van der Waals surface area contributed by atoms with Crippen molar-refractivity contribution in [1.82, 2.24) is 24.4 Å². The zero-order valence-electron chi connectivity index (χ0n) is 23.9. The highest BCUT2D eigenvalue weighted by Crippen LogP contribution is 2.27. The second-order valence-corrected chi connectivity index (χ2v) is 10.7. The Kier molecular flexibility index (Phi) is 7.98. The Labute approximate surface area is 245 Å². The number of benzene rings is 3. The van der Waals surface area contributed by atoms with Crippen molar-refractivity contribution in [2.45, 2.75) is 45.4 Å². The largest absolute Gasteiger partial charge is 0.445 e. The number of ether oxygens (including phenoxy) is 1. The van der Waals surface area contributed by atoms with Crippen LogP contribution in [0.15, 0.2) is 91.4 Å². The molecule has 0 spiro atoms. The second kappa shape index (κ2) is 12.3. The summed E-state index contributed by atoms with van der Waals surface area (Å²) in [5.74, 6) is 1.30. The molecule has 1 amide bonds. The van der Waals surface area contributed by atoms with Gasteiger partial charge in [-0.05, 0) is 61.6 Å². The molecule has 0 radical (unpaired) electrons. The fourth-order valence-corrected chi connectivity index (χ4v) is 5.42. The molecule has 214 valence electrons. The Morgan fingerprint density at radius 1 is 1.05 bits per heavy atom. The molecule has 0 bridgehead atoms. The van der Waals surface area contributed by atoms with E-state index in [2.05, 4.69) is 58.7 Å². The van der Waals surface area contributed by atoms with E-state index in [4.69, 9.17) is 9.72 Å². The summed E-state index contributed by atoms with van der Waals surface area (Å²) in [5.41, 5.74) is 6.06. The van der Waals surface area contributed by atoms with Gasteiger partial charge in [0.05, 0.1) is 23.1 Å². The van der Waals surface area contributed by atoms with E-state index in [0.29, 0.717) is 19.0 Å². The quantitative estimate of drug-likeness (QED) is 0.212. The van der Waals surface area contributed by atoms with Crippen molar-refractivity contribution >= 4 is 28.8 Å². The van der Waals surface area contributed by atoms with Crippen molar-refractivity contribution in [2.24, 2.45) is 0 Å². The predicted molar refractivity (Wildman–Crippen MR) is 165 cm³/mol. The molecule has 9 nitrogen and oxygen atoms in total. The molecule has 6 rings (SSSR count). The first-order valence-corrected chi connectivity index (χ1v) is 14.4. The van der Waals surface area contributed by atoms with Crippen molar-refractivity contribution < 1.29 is 9.53 Å². The van der Waals surface area contributed by atoms with E-state index < -0.39 is 0 Å². The Bertz CT molecular complexity index is 1660. The Morgan fingerprint density at radius 3 is 2.64 bits per heavy atom. The molecule has 0 saturated carbocycles. The van der Waals surface area contributed by atoms with Crippen LogP contribution in [-0.4, -0.2) is 49.6 Å². The third kappa shape index (κ3) is 6.05. The summed E-state index contributed by atoms with van der Waals surface area (Å²) in [4.78, 5) is 28.5. The van der Waals surface area contributed by atoms with Crippen LogP contribution in [0.1, 0.15) is 42.5 Å². The summed E-state index contributed by atoms with van der Waals surface area (Å²) < 4.78 is 7.58. The number of anilines is 2. The minimum absolute atomic E-state index is 0.0679. The van der Waals surface area contributed by atoms with Gasteiger partial charge in [0.25, 0.3) is 0 Å². The van der Waals surface area contributed by atoms with Gasteiger partial charge in [-0.1, -0.05) is 60.7 Å². The fourth-order valence-electron chi connectivity index (χ4n) is 5.42. The van der Waals surface area contributed by atoms with Gasteiger partial charge in [-0.25, -0.2) is 14.8 Å². The Balaban J connectivity index is 1.12. The molecule has 1 saturated heterocycles. The highest BCUT2D eigenvalue weighted by molar-refractivity contribution is 5.83. The molecule has 1 fully saturated rings. The maximum atomic E-state index is 12.8. The van der Waals surface area contributed by atoms with Crippen molar-refractivity contribution in [3.05, 3.63) is 108 Å². The van der Waals surface area contributed by atoms with Crippen LogP contribution in [-0.2, 0) is 11.3 Å². The first kappa shape index (κ1) is 27.3. The number of aromatic nitrogens is 4. The zero-order valence-corrected chi connectivity index (χ0v) is 23.9. The van der Waals surface area contributed by atoms with E-state index in [1.54, 1.807) is 12.5 Å². The van der Waals surface area contributed by atoms with E-state index in [0.717, 1.165) is 46.5 Å². The van der Waals surface area contributed by atoms with E-state index in [-0.39, 0.29) is 24.8 Å². The van der Waals surface area contributed by atoms with Gasteiger partial charge in [-0.2, -0.15) is 4.98 Å². The maximum absolute atomic E-state index is 12.8. The summed E-state index contributed by atoms with van der Waals surface area (Å²) in [5, 5.41) is 6.96. The van der Waals surface area contributed by atoms with Gasteiger partial charge in [-0.3, -0.25) is 4.57 Å². The lowest BCUT2D eigenvalue weighted by molar-refractivity contribution is 0.0937. The van der Waals surface area contributed by atoms with E-state index >= 15 is 0 Å². The van der Waals surface area contributed by atoms with Gasteiger partial charge in [0.15, 0.2) is 0 Å². The molecule has 42 heavy (non-hydrogen) atoms.